The molecule has 2 rings (SSSR count). The fourth-order valence-electron chi connectivity index (χ4n) is 3.15. The molecule has 8 heteroatoms. The number of aromatic hydroxyl groups is 1. The summed E-state index contributed by atoms with van der Waals surface area (Å²) in [6, 6.07) is 14.0. The van der Waals surface area contributed by atoms with Gasteiger partial charge in [0.1, 0.15) is 23.4 Å². The van der Waals surface area contributed by atoms with Crippen molar-refractivity contribution in [3.05, 3.63) is 65.7 Å². The van der Waals surface area contributed by atoms with Crippen LogP contribution < -0.4 is 10.6 Å². The number of phenolic OH excluding ortho intramolecular Hbond substituents is 1. The molecule has 0 aromatic heterocycles. The minimum Gasteiger partial charge on any atom is -0.508 e. The van der Waals surface area contributed by atoms with Gasteiger partial charge in [-0.25, -0.2) is 9.59 Å². The van der Waals surface area contributed by atoms with Crippen molar-refractivity contribution in [1.29, 1.82) is 0 Å². The molecule has 0 saturated carbocycles. The normalized spacial score (nSPS) is 12.8. The molecular weight excluding hydrogens is 424 g/mol. The molecule has 178 valence electrons. The van der Waals surface area contributed by atoms with Crippen LogP contribution in [-0.4, -0.2) is 47.9 Å². The van der Waals surface area contributed by atoms with Gasteiger partial charge in [0.05, 0.1) is 7.11 Å². The number of carbonyl (C=O) groups excluding carboxylic acids is 3. The van der Waals surface area contributed by atoms with Crippen LogP contribution in [0, 0.1) is 0 Å². The van der Waals surface area contributed by atoms with Crippen LogP contribution in [0.3, 0.4) is 0 Å². The molecule has 2 amide bonds. The third kappa shape index (κ3) is 9.22. The molecule has 0 radical (unpaired) electrons. The molecule has 2 aromatic carbocycles. The van der Waals surface area contributed by atoms with E-state index in [1.165, 1.54) is 19.2 Å². The van der Waals surface area contributed by atoms with Gasteiger partial charge in [0.25, 0.3) is 0 Å². The van der Waals surface area contributed by atoms with Gasteiger partial charge < -0.3 is 25.2 Å². The van der Waals surface area contributed by atoms with E-state index < -0.39 is 35.7 Å². The highest BCUT2D eigenvalue weighted by molar-refractivity contribution is 5.89. The predicted octanol–water partition coefficient (Wildman–Crippen LogP) is 3.12. The van der Waals surface area contributed by atoms with E-state index in [4.69, 9.17) is 9.47 Å². The van der Waals surface area contributed by atoms with Crippen molar-refractivity contribution in [2.45, 2.75) is 57.7 Å². The van der Waals surface area contributed by atoms with Crippen LogP contribution in [0.1, 0.15) is 38.3 Å². The van der Waals surface area contributed by atoms with Crippen LogP contribution in [0.4, 0.5) is 4.79 Å². The molecule has 2 aromatic rings. The van der Waals surface area contributed by atoms with Crippen molar-refractivity contribution >= 4 is 18.0 Å². The lowest BCUT2D eigenvalue weighted by Crippen LogP contribution is -2.53. The Morgan fingerprint density at radius 1 is 0.909 bits per heavy atom. The summed E-state index contributed by atoms with van der Waals surface area (Å²) >= 11 is 0. The van der Waals surface area contributed by atoms with E-state index in [0.717, 1.165) is 11.1 Å². The van der Waals surface area contributed by atoms with Crippen LogP contribution in [-0.2, 0) is 31.9 Å². The number of amides is 2. The predicted molar refractivity (Wildman–Crippen MR) is 124 cm³/mol. The monoisotopic (exact) mass is 456 g/mol. The van der Waals surface area contributed by atoms with Crippen LogP contribution in [0.5, 0.6) is 5.75 Å². The number of methoxy groups -OCH3 is 1. The zero-order valence-electron chi connectivity index (χ0n) is 19.5. The summed E-state index contributed by atoms with van der Waals surface area (Å²) in [5.41, 5.74) is 1.01. The van der Waals surface area contributed by atoms with Gasteiger partial charge in [-0.2, -0.15) is 0 Å². The SMILES string of the molecule is COC(=O)C(Cc1ccc(O)cc1)NC(=O)C(CCc1ccccc1)NC(=O)OC(C)(C)C. The van der Waals surface area contributed by atoms with Gasteiger partial charge in [0, 0.05) is 6.42 Å². The third-order valence-electron chi connectivity index (χ3n) is 4.75. The van der Waals surface area contributed by atoms with Crippen LogP contribution >= 0.6 is 0 Å². The number of nitrogens with one attached hydrogen (secondary N) is 2. The number of ether oxygens (including phenoxy) is 2. The Hall–Kier alpha value is -3.55. The summed E-state index contributed by atoms with van der Waals surface area (Å²) in [5, 5.41) is 14.8. The van der Waals surface area contributed by atoms with Gasteiger partial charge in [0.2, 0.25) is 5.91 Å². The molecule has 2 atom stereocenters. The number of hydrogen-bond acceptors (Lipinski definition) is 6. The number of benzene rings is 2. The standard InChI is InChI=1S/C25H32N2O6/c1-25(2,3)33-24(31)27-20(15-12-17-8-6-5-7-9-17)22(29)26-21(23(30)32-4)16-18-10-13-19(28)14-11-18/h5-11,13-14,20-21,28H,12,15-16H2,1-4H3,(H,26,29)(H,27,31). The Labute approximate surface area is 194 Å². The number of carbonyl (C=O) groups is 3. The molecule has 0 bridgehead atoms. The van der Waals surface area contributed by atoms with E-state index >= 15 is 0 Å². The molecule has 3 N–H and O–H groups in total. The van der Waals surface area contributed by atoms with E-state index in [0.29, 0.717) is 12.8 Å². The van der Waals surface area contributed by atoms with Crippen molar-refractivity contribution in [3.63, 3.8) is 0 Å². The summed E-state index contributed by atoms with van der Waals surface area (Å²) < 4.78 is 10.2. The lowest BCUT2D eigenvalue weighted by Gasteiger charge is -2.25. The molecule has 2 unspecified atom stereocenters. The number of esters is 1. The van der Waals surface area contributed by atoms with E-state index in [1.54, 1.807) is 32.9 Å². The maximum absolute atomic E-state index is 13.1. The highest BCUT2D eigenvalue weighted by Gasteiger charge is 2.29. The summed E-state index contributed by atoms with van der Waals surface area (Å²) in [5.74, 6) is -1.04. The molecule has 0 aliphatic rings. The average Bonchev–Trinajstić information content (AvgIpc) is 2.76. The number of rotatable bonds is 9. The number of phenols is 1. The highest BCUT2D eigenvalue weighted by atomic mass is 16.6. The topological polar surface area (TPSA) is 114 Å². The first-order valence-electron chi connectivity index (χ1n) is 10.8. The van der Waals surface area contributed by atoms with Crippen molar-refractivity contribution in [2.24, 2.45) is 0 Å². The van der Waals surface area contributed by atoms with Gasteiger partial charge >= 0.3 is 12.1 Å². The van der Waals surface area contributed by atoms with E-state index in [9.17, 15) is 19.5 Å². The Morgan fingerprint density at radius 3 is 2.12 bits per heavy atom. The van der Waals surface area contributed by atoms with Gasteiger partial charge in [-0.3, -0.25) is 4.79 Å². The first-order valence-corrected chi connectivity index (χ1v) is 10.8. The molecule has 0 aliphatic heterocycles. The first-order chi connectivity index (χ1) is 15.6. The Morgan fingerprint density at radius 2 is 1.55 bits per heavy atom. The summed E-state index contributed by atoms with van der Waals surface area (Å²) in [6.45, 7) is 5.20. The lowest BCUT2D eigenvalue weighted by molar-refractivity contribution is -0.145. The Kier molecular flexibility index (Phi) is 9.27. The second kappa shape index (κ2) is 11.9. The quantitative estimate of drug-likeness (QED) is 0.500. The van der Waals surface area contributed by atoms with Crippen LogP contribution in [0.25, 0.3) is 0 Å². The van der Waals surface area contributed by atoms with Gasteiger partial charge in [0.15, 0.2) is 0 Å². The van der Waals surface area contributed by atoms with Gasteiger partial charge in [-0.1, -0.05) is 42.5 Å². The molecule has 0 spiro atoms. The van der Waals surface area contributed by atoms with Crippen LogP contribution in [0.2, 0.25) is 0 Å². The number of alkyl carbamates (subject to hydrolysis) is 1. The zero-order chi connectivity index (χ0) is 24.4. The second-order valence-corrected chi connectivity index (χ2v) is 8.68. The Bertz CT molecular complexity index is 922. The molecule has 0 heterocycles. The fraction of sp³-hybridized carbons (Fsp3) is 0.400. The Balaban J connectivity index is 2.14. The summed E-state index contributed by atoms with van der Waals surface area (Å²) in [7, 11) is 1.24. The second-order valence-electron chi connectivity index (χ2n) is 8.68. The average molecular weight is 457 g/mol. The third-order valence-corrected chi connectivity index (χ3v) is 4.75. The van der Waals surface area contributed by atoms with Gasteiger partial charge in [-0.15, -0.1) is 0 Å². The zero-order valence-corrected chi connectivity index (χ0v) is 19.5. The number of aryl methyl sites for hydroxylation is 1. The first kappa shape index (κ1) is 25.7. The van der Waals surface area contributed by atoms with Crippen molar-refractivity contribution < 1.29 is 29.0 Å². The smallest absolute Gasteiger partial charge is 0.408 e. The van der Waals surface area contributed by atoms with E-state index in [-0.39, 0.29) is 12.2 Å². The van der Waals surface area contributed by atoms with Crippen molar-refractivity contribution in [1.82, 2.24) is 10.6 Å². The van der Waals surface area contributed by atoms with E-state index in [2.05, 4.69) is 10.6 Å². The molecule has 0 saturated heterocycles. The maximum Gasteiger partial charge on any atom is 0.408 e. The maximum atomic E-state index is 13.1. The molecule has 0 fully saturated rings. The minimum absolute atomic E-state index is 0.0972. The molecule has 0 aliphatic carbocycles. The van der Waals surface area contributed by atoms with Crippen molar-refractivity contribution in [3.8, 4) is 5.75 Å². The molecule has 33 heavy (non-hydrogen) atoms. The molecular formula is C25H32N2O6. The largest absolute Gasteiger partial charge is 0.508 e. The molecule has 8 nitrogen and oxygen atoms in total. The lowest BCUT2D eigenvalue weighted by atomic mass is 10.0. The van der Waals surface area contributed by atoms with Crippen LogP contribution in [0.15, 0.2) is 54.6 Å². The van der Waals surface area contributed by atoms with Gasteiger partial charge in [-0.05, 0) is 56.9 Å². The number of hydrogen-bond donors (Lipinski definition) is 3. The highest BCUT2D eigenvalue weighted by Crippen LogP contribution is 2.13. The van der Waals surface area contributed by atoms with Crippen molar-refractivity contribution in [2.75, 3.05) is 7.11 Å². The summed E-state index contributed by atoms with van der Waals surface area (Å²) in [6.07, 6.45) is 0.290. The fourth-order valence-corrected chi connectivity index (χ4v) is 3.15. The van der Waals surface area contributed by atoms with E-state index in [1.807, 2.05) is 30.3 Å². The summed E-state index contributed by atoms with van der Waals surface area (Å²) in [4.78, 5) is 37.8. The minimum atomic E-state index is -0.966.